The highest BCUT2D eigenvalue weighted by atomic mass is 35.5. The van der Waals surface area contributed by atoms with E-state index in [0.717, 1.165) is 5.56 Å². The van der Waals surface area contributed by atoms with E-state index in [0.29, 0.717) is 39.6 Å². The van der Waals surface area contributed by atoms with Gasteiger partial charge < -0.3 is 29.8 Å². The molecular formula is C22H21ClN4O5S. The van der Waals surface area contributed by atoms with Gasteiger partial charge in [0.15, 0.2) is 16.7 Å². The zero-order valence-electron chi connectivity index (χ0n) is 17.4. The predicted octanol–water partition coefficient (Wildman–Crippen LogP) is 2.80. The third-order valence-electron chi connectivity index (χ3n) is 4.76. The highest BCUT2D eigenvalue weighted by molar-refractivity contribution is 7.99. The molecule has 0 aliphatic carbocycles. The van der Waals surface area contributed by atoms with Gasteiger partial charge in [-0.2, -0.15) is 0 Å². The maximum absolute atomic E-state index is 12.5. The van der Waals surface area contributed by atoms with Crippen molar-refractivity contribution in [3.05, 3.63) is 64.9 Å². The van der Waals surface area contributed by atoms with Gasteiger partial charge in [-0.25, -0.2) is 4.98 Å². The number of aromatic nitrogens is 2. The highest BCUT2D eigenvalue weighted by Gasteiger charge is 2.17. The summed E-state index contributed by atoms with van der Waals surface area (Å²) in [6.07, 6.45) is 1.49. The van der Waals surface area contributed by atoms with E-state index in [4.69, 9.17) is 21.1 Å². The Kier molecular flexibility index (Phi) is 7.38. The smallest absolute Gasteiger partial charge is 0.240 e. The summed E-state index contributed by atoms with van der Waals surface area (Å²) in [5.41, 5.74) is 1.98. The minimum absolute atomic E-state index is 0.0321. The van der Waals surface area contributed by atoms with E-state index in [-0.39, 0.29) is 37.5 Å². The van der Waals surface area contributed by atoms with Gasteiger partial charge >= 0.3 is 0 Å². The van der Waals surface area contributed by atoms with Crippen LogP contribution in [0.2, 0.25) is 5.02 Å². The molecule has 3 N–H and O–H groups in total. The quantitative estimate of drug-likeness (QED) is 0.397. The largest absolute Gasteiger partial charge is 0.454 e. The molecule has 0 radical (unpaired) electrons. The first kappa shape index (κ1) is 23.0. The molecule has 0 atom stereocenters. The van der Waals surface area contributed by atoms with Gasteiger partial charge in [0.05, 0.1) is 24.3 Å². The zero-order chi connectivity index (χ0) is 23.2. The standard InChI is InChI=1S/C22H21ClN4O5S/c23-15-3-1-14(2-4-15)8-24-20(29)10-27-17(11-28)9-25-22(27)33-12-21(30)26-16-5-6-18-19(7-16)32-13-31-18/h1-7,9,28H,8,10-13H2,(H,24,29)(H,26,30). The van der Waals surface area contributed by atoms with Crippen molar-refractivity contribution in [1.82, 2.24) is 14.9 Å². The van der Waals surface area contributed by atoms with Crippen molar-refractivity contribution in [3.8, 4) is 11.5 Å². The van der Waals surface area contributed by atoms with Crippen molar-refractivity contribution in [2.24, 2.45) is 0 Å². The number of amides is 2. The number of nitrogens with one attached hydrogen (secondary N) is 2. The summed E-state index contributed by atoms with van der Waals surface area (Å²) in [5, 5.41) is 16.3. The lowest BCUT2D eigenvalue weighted by Crippen LogP contribution is -2.28. The molecule has 2 amide bonds. The predicted molar refractivity (Wildman–Crippen MR) is 123 cm³/mol. The van der Waals surface area contributed by atoms with Gasteiger partial charge in [-0.3, -0.25) is 9.59 Å². The molecule has 0 unspecified atom stereocenters. The van der Waals surface area contributed by atoms with E-state index in [2.05, 4.69) is 15.6 Å². The Morgan fingerprint density at radius 2 is 1.91 bits per heavy atom. The van der Waals surface area contributed by atoms with Crippen molar-refractivity contribution in [2.75, 3.05) is 17.9 Å². The van der Waals surface area contributed by atoms with Crippen LogP contribution in [0.5, 0.6) is 11.5 Å². The van der Waals surface area contributed by atoms with Gasteiger partial charge in [-0.15, -0.1) is 0 Å². The Balaban J connectivity index is 1.32. The molecule has 0 saturated heterocycles. The average Bonchev–Trinajstić information content (AvgIpc) is 3.43. The zero-order valence-corrected chi connectivity index (χ0v) is 19.0. The topological polar surface area (TPSA) is 115 Å². The third kappa shape index (κ3) is 5.98. The second-order valence-corrected chi connectivity index (χ2v) is 8.46. The number of nitrogens with zero attached hydrogens (tertiary/aromatic N) is 2. The number of aliphatic hydroxyl groups excluding tert-OH is 1. The molecule has 2 aromatic carbocycles. The van der Waals surface area contributed by atoms with Crippen LogP contribution in [0.25, 0.3) is 0 Å². The summed E-state index contributed by atoms with van der Waals surface area (Å²) < 4.78 is 12.2. The summed E-state index contributed by atoms with van der Waals surface area (Å²) in [7, 11) is 0. The number of benzene rings is 2. The molecule has 11 heteroatoms. The Bertz CT molecular complexity index is 1150. The molecule has 0 fully saturated rings. The third-order valence-corrected chi connectivity index (χ3v) is 6.00. The molecule has 9 nitrogen and oxygen atoms in total. The molecule has 0 bridgehead atoms. The molecular weight excluding hydrogens is 468 g/mol. The average molecular weight is 489 g/mol. The van der Waals surface area contributed by atoms with Gasteiger partial charge in [-0.05, 0) is 29.8 Å². The minimum atomic E-state index is -0.276. The molecule has 1 aliphatic rings. The summed E-state index contributed by atoms with van der Waals surface area (Å²) in [6.45, 7) is 0.197. The highest BCUT2D eigenvalue weighted by Crippen LogP contribution is 2.34. The van der Waals surface area contributed by atoms with Gasteiger partial charge in [0.1, 0.15) is 6.54 Å². The van der Waals surface area contributed by atoms with Crippen molar-refractivity contribution in [3.63, 3.8) is 0 Å². The fraction of sp³-hybridized carbons (Fsp3) is 0.227. The fourth-order valence-corrected chi connectivity index (χ4v) is 4.03. The van der Waals surface area contributed by atoms with Crippen LogP contribution in [-0.2, 0) is 29.3 Å². The van der Waals surface area contributed by atoms with Crippen molar-refractivity contribution < 1.29 is 24.2 Å². The van der Waals surface area contributed by atoms with Crippen LogP contribution in [0, 0.1) is 0 Å². The summed E-state index contributed by atoms with van der Waals surface area (Å²) in [5.74, 6) is 0.793. The van der Waals surface area contributed by atoms with Crippen LogP contribution in [0.3, 0.4) is 0 Å². The number of rotatable bonds is 9. The lowest BCUT2D eigenvalue weighted by molar-refractivity contribution is -0.122. The molecule has 1 aromatic heterocycles. The maximum atomic E-state index is 12.5. The second kappa shape index (κ2) is 10.6. The molecule has 3 aromatic rings. The van der Waals surface area contributed by atoms with Crippen LogP contribution in [-0.4, -0.2) is 39.0 Å². The molecule has 4 rings (SSSR count). The summed E-state index contributed by atoms with van der Waals surface area (Å²) in [4.78, 5) is 29.1. The van der Waals surface area contributed by atoms with Gasteiger partial charge in [0.25, 0.3) is 0 Å². The number of carbonyl (C=O) groups excluding carboxylic acids is 2. The number of fused-ring (bicyclic) bond motifs is 1. The van der Waals surface area contributed by atoms with E-state index in [1.807, 2.05) is 12.1 Å². The van der Waals surface area contributed by atoms with Gasteiger partial charge in [-0.1, -0.05) is 35.5 Å². The number of ether oxygens (including phenoxy) is 2. The molecule has 172 valence electrons. The summed E-state index contributed by atoms with van der Waals surface area (Å²) >= 11 is 7.05. The van der Waals surface area contributed by atoms with E-state index in [9.17, 15) is 14.7 Å². The van der Waals surface area contributed by atoms with Crippen molar-refractivity contribution in [1.29, 1.82) is 0 Å². The van der Waals surface area contributed by atoms with Crippen LogP contribution in [0.4, 0.5) is 5.69 Å². The first-order chi connectivity index (χ1) is 16.0. The number of hydrogen-bond donors (Lipinski definition) is 3. The monoisotopic (exact) mass is 488 g/mol. The van der Waals surface area contributed by atoms with Gasteiger partial charge in [0, 0.05) is 23.3 Å². The van der Waals surface area contributed by atoms with E-state index in [1.165, 1.54) is 18.0 Å². The Hall–Kier alpha value is -3.21. The normalized spacial score (nSPS) is 11.9. The number of halogens is 1. The Morgan fingerprint density at radius 3 is 2.70 bits per heavy atom. The lowest BCUT2D eigenvalue weighted by Gasteiger charge is -2.11. The Labute approximate surface area is 199 Å². The van der Waals surface area contributed by atoms with Crippen molar-refractivity contribution >= 4 is 40.9 Å². The number of anilines is 1. The van der Waals surface area contributed by atoms with E-state index >= 15 is 0 Å². The second-order valence-electron chi connectivity index (χ2n) is 7.08. The van der Waals surface area contributed by atoms with Crippen LogP contribution >= 0.6 is 23.4 Å². The maximum Gasteiger partial charge on any atom is 0.240 e. The first-order valence-electron chi connectivity index (χ1n) is 10.0. The number of aliphatic hydroxyl groups is 1. The molecule has 33 heavy (non-hydrogen) atoms. The summed E-state index contributed by atoms with van der Waals surface area (Å²) in [6, 6.07) is 12.3. The molecule has 1 aliphatic heterocycles. The molecule has 2 heterocycles. The lowest BCUT2D eigenvalue weighted by atomic mass is 10.2. The van der Waals surface area contributed by atoms with Crippen LogP contribution in [0.15, 0.2) is 53.8 Å². The number of thioether (sulfide) groups is 1. The van der Waals surface area contributed by atoms with Crippen LogP contribution in [0.1, 0.15) is 11.3 Å². The van der Waals surface area contributed by atoms with Crippen LogP contribution < -0.4 is 20.1 Å². The minimum Gasteiger partial charge on any atom is -0.454 e. The molecule has 0 saturated carbocycles. The number of imidazole rings is 1. The number of carbonyl (C=O) groups is 2. The number of hydrogen-bond acceptors (Lipinski definition) is 7. The van der Waals surface area contributed by atoms with E-state index < -0.39 is 0 Å². The van der Waals surface area contributed by atoms with Gasteiger partial charge in [0.2, 0.25) is 18.6 Å². The SMILES string of the molecule is O=C(Cn1c(CO)cnc1SCC(=O)Nc1ccc2c(c1)OCO2)NCc1ccc(Cl)cc1. The van der Waals surface area contributed by atoms with Crippen molar-refractivity contribution in [2.45, 2.75) is 24.9 Å². The first-order valence-corrected chi connectivity index (χ1v) is 11.4. The van der Waals surface area contributed by atoms with E-state index in [1.54, 1.807) is 34.9 Å². The Morgan fingerprint density at radius 1 is 1.12 bits per heavy atom. The molecule has 0 spiro atoms. The fourth-order valence-electron chi connectivity index (χ4n) is 3.11.